The average Bonchev–Trinajstić information content (AvgIpc) is 2.09. The number of anilines is 1. The van der Waals surface area contributed by atoms with Crippen LogP contribution in [0.1, 0.15) is 6.92 Å². The summed E-state index contributed by atoms with van der Waals surface area (Å²) in [5.74, 6) is 0.182. The summed E-state index contributed by atoms with van der Waals surface area (Å²) in [4.78, 5) is 0.572. The predicted molar refractivity (Wildman–Crippen MR) is 53.2 cm³/mol. The number of hydrogen-bond acceptors (Lipinski definition) is 3. The minimum Gasteiger partial charge on any atom is -0.399 e. The van der Waals surface area contributed by atoms with Crippen LogP contribution >= 0.6 is 11.8 Å². The van der Waals surface area contributed by atoms with Crippen molar-refractivity contribution in [3.8, 4) is 0 Å². The van der Waals surface area contributed by atoms with Crippen LogP contribution in [0, 0.1) is 5.82 Å². The van der Waals surface area contributed by atoms with Crippen LogP contribution < -0.4 is 5.73 Å². The van der Waals surface area contributed by atoms with Gasteiger partial charge in [-0.2, -0.15) is 0 Å². The van der Waals surface area contributed by atoms with Crippen molar-refractivity contribution < 1.29 is 9.13 Å². The van der Waals surface area contributed by atoms with Gasteiger partial charge < -0.3 is 10.5 Å². The fraction of sp³-hybridized carbons (Fsp3) is 0.333. The third-order valence-corrected chi connectivity index (χ3v) is 2.38. The molecule has 1 aromatic carbocycles. The molecule has 0 aliphatic heterocycles. The van der Waals surface area contributed by atoms with Gasteiger partial charge in [-0.15, -0.1) is 0 Å². The van der Waals surface area contributed by atoms with Crippen molar-refractivity contribution in [2.24, 2.45) is 0 Å². The van der Waals surface area contributed by atoms with E-state index in [1.807, 2.05) is 6.92 Å². The molecule has 4 heteroatoms. The van der Waals surface area contributed by atoms with E-state index < -0.39 is 0 Å². The van der Waals surface area contributed by atoms with Crippen LogP contribution in [-0.4, -0.2) is 12.5 Å². The molecule has 0 amide bonds. The number of rotatable bonds is 4. The van der Waals surface area contributed by atoms with Gasteiger partial charge in [-0.3, -0.25) is 0 Å². The van der Waals surface area contributed by atoms with Gasteiger partial charge >= 0.3 is 0 Å². The summed E-state index contributed by atoms with van der Waals surface area (Å²) in [6.07, 6.45) is 0. The molecule has 0 unspecified atom stereocenters. The van der Waals surface area contributed by atoms with Gasteiger partial charge in [0.25, 0.3) is 0 Å². The molecule has 0 heterocycles. The first-order chi connectivity index (χ1) is 6.24. The molecule has 13 heavy (non-hydrogen) atoms. The summed E-state index contributed by atoms with van der Waals surface area (Å²) in [5.41, 5.74) is 5.84. The molecule has 1 aromatic rings. The lowest BCUT2D eigenvalue weighted by Crippen LogP contribution is -1.91. The van der Waals surface area contributed by atoms with Crippen LogP contribution in [0.2, 0.25) is 0 Å². The summed E-state index contributed by atoms with van der Waals surface area (Å²) >= 11 is 1.33. The second kappa shape index (κ2) is 5.09. The van der Waals surface area contributed by atoms with Crippen molar-refractivity contribution in [1.82, 2.24) is 0 Å². The fourth-order valence-electron chi connectivity index (χ4n) is 0.823. The smallest absolute Gasteiger partial charge is 0.138 e. The van der Waals surface area contributed by atoms with E-state index in [4.69, 9.17) is 10.5 Å². The quantitative estimate of drug-likeness (QED) is 0.352. The SMILES string of the molecule is CCOCSc1ccc(N)cc1F. The van der Waals surface area contributed by atoms with E-state index in [0.29, 0.717) is 23.1 Å². The number of benzene rings is 1. The third-order valence-electron chi connectivity index (χ3n) is 1.46. The van der Waals surface area contributed by atoms with E-state index in [1.54, 1.807) is 12.1 Å². The van der Waals surface area contributed by atoms with Gasteiger partial charge in [-0.05, 0) is 25.1 Å². The molecule has 0 saturated heterocycles. The van der Waals surface area contributed by atoms with E-state index in [1.165, 1.54) is 17.8 Å². The maximum Gasteiger partial charge on any atom is 0.138 e. The third kappa shape index (κ3) is 3.24. The summed E-state index contributed by atoms with van der Waals surface area (Å²) in [5, 5.41) is 0. The van der Waals surface area contributed by atoms with Gasteiger partial charge in [0, 0.05) is 17.2 Å². The summed E-state index contributed by atoms with van der Waals surface area (Å²) in [6, 6.07) is 4.65. The Morgan fingerprint density at radius 1 is 1.54 bits per heavy atom. The normalized spacial score (nSPS) is 10.3. The molecule has 0 fully saturated rings. The van der Waals surface area contributed by atoms with Gasteiger partial charge in [0.15, 0.2) is 0 Å². The Morgan fingerprint density at radius 3 is 2.92 bits per heavy atom. The zero-order chi connectivity index (χ0) is 9.68. The van der Waals surface area contributed by atoms with E-state index >= 15 is 0 Å². The lowest BCUT2D eigenvalue weighted by molar-refractivity contribution is 0.199. The minimum absolute atomic E-state index is 0.287. The fourth-order valence-corrected chi connectivity index (χ4v) is 1.56. The summed E-state index contributed by atoms with van der Waals surface area (Å²) in [7, 11) is 0. The molecule has 0 bridgehead atoms. The lowest BCUT2D eigenvalue weighted by atomic mass is 10.3. The largest absolute Gasteiger partial charge is 0.399 e. The van der Waals surface area contributed by atoms with Gasteiger partial charge in [-0.1, -0.05) is 11.8 Å². The van der Waals surface area contributed by atoms with Gasteiger partial charge in [-0.25, -0.2) is 4.39 Å². The first-order valence-corrected chi connectivity index (χ1v) is 4.98. The Bertz CT molecular complexity index is 280. The van der Waals surface area contributed by atoms with Crippen molar-refractivity contribution >= 4 is 17.4 Å². The number of hydrogen-bond donors (Lipinski definition) is 1. The van der Waals surface area contributed by atoms with Crippen molar-refractivity contribution in [1.29, 1.82) is 0 Å². The van der Waals surface area contributed by atoms with E-state index in [0.717, 1.165) is 0 Å². The number of nitrogens with two attached hydrogens (primary N) is 1. The highest BCUT2D eigenvalue weighted by Crippen LogP contribution is 2.23. The van der Waals surface area contributed by atoms with E-state index in [-0.39, 0.29) is 5.82 Å². The van der Waals surface area contributed by atoms with Crippen LogP contribution in [0.5, 0.6) is 0 Å². The second-order valence-electron chi connectivity index (χ2n) is 2.44. The number of thioether (sulfide) groups is 1. The minimum atomic E-state index is -0.287. The van der Waals surface area contributed by atoms with Crippen molar-refractivity contribution in [2.75, 3.05) is 18.3 Å². The lowest BCUT2D eigenvalue weighted by Gasteiger charge is -2.03. The number of ether oxygens (including phenoxy) is 1. The zero-order valence-corrected chi connectivity index (χ0v) is 8.23. The predicted octanol–water partition coefficient (Wildman–Crippen LogP) is 2.49. The molecule has 0 atom stereocenters. The summed E-state index contributed by atoms with van der Waals surface area (Å²) < 4.78 is 18.2. The summed E-state index contributed by atoms with van der Waals surface area (Å²) in [6.45, 7) is 2.55. The van der Waals surface area contributed by atoms with Crippen LogP contribution in [0.15, 0.2) is 23.1 Å². The molecule has 2 N–H and O–H groups in total. The highest BCUT2D eigenvalue weighted by molar-refractivity contribution is 7.99. The standard InChI is InChI=1S/C9H12FNOS/c1-2-12-6-13-9-4-3-7(11)5-8(9)10/h3-5H,2,6,11H2,1H3. The Balaban J connectivity index is 2.56. The van der Waals surface area contributed by atoms with Crippen LogP contribution in [0.3, 0.4) is 0 Å². The molecule has 2 nitrogen and oxygen atoms in total. The maximum absolute atomic E-state index is 13.1. The molecule has 0 radical (unpaired) electrons. The Hall–Kier alpha value is -0.740. The monoisotopic (exact) mass is 201 g/mol. The topological polar surface area (TPSA) is 35.2 Å². The van der Waals surface area contributed by atoms with Crippen LogP contribution in [-0.2, 0) is 4.74 Å². The Labute approximate surface area is 81.3 Å². The number of nitrogen functional groups attached to an aromatic ring is 1. The second-order valence-corrected chi connectivity index (χ2v) is 3.41. The van der Waals surface area contributed by atoms with Gasteiger partial charge in [0.1, 0.15) is 5.82 Å². The molecule has 0 aliphatic carbocycles. The van der Waals surface area contributed by atoms with Crippen molar-refractivity contribution in [2.45, 2.75) is 11.8 Å². The van der Waals surface area contributed by atoms with Gasteiger partial charge in [0.2, 0.25) is 0 Å². The molecule has 1 rings (SSSR count). The molecule has 0 aromatic heterocycles. The molecular formula is C9H12FNOS. The zero-order valence-electron chi connectivity index (χ0n) is 7.42. The van der Waals surface area contributed by atoms with E-state index in [2.05, 4.69) is 0 Å². The maximum atomic E-state index is 13.1. The van der Waals surface area contributed by atoms with Crippen LogP contribution in [0.4, 0.5) is 10.1 Å². The first kappa shape index (κ1) is 10.3. The highest BCUT2D eigenvalue weighted by Gasteiger charge is 2.02. The van der Waals surface area contributed by atoms with E-state index in [9.17, 15) is 4.39 Å². The molecule has 72 valence electrons. The molecular weight excluding hydrogens is 189 g/mol. The highest BCUT2D eigenvalue weighted by atomic mass is 32.2. The Morgan fingerprint density at radius 2 is 2.31 bits per heavy atom. The molecule has 0 aliphatic rings. The first-order valence-electron chi connectivity index (χ1n) is 3.99. The average molecular weight is 201 g/mol. The number of halogens is 1. The van der Waals surface area contributed by atoms with Crippen molar-refractivity contribution in [3.63, 3.8) is 0 Å². The molecule has 0 spiro atoms. The Kier molecular flexibility index (Phi) is 4.05. The van der Waals surface area contributed by atoms with Crippen molar-refractivity contribution in [3.05, 3.63) is 24.0 Å². The van der Waals surface area contributed by atoms with Crippen LogP contribution in [0.25, 0.3) is 0 Å². The molecule has 0 saturated carbocycles. The van der Waals surface area contributed by atoms with Gasteiger partial charge in [0.05, 0.1) is 5.94 Å².